The van der Waals surface area contributed by atoms with Gasteiger partial charge in [0.25, 0.3) is 0 Å². The maximum absolute atomic E-state index is 11.7. The van der Waals surface area contributed by atoms with Gasteiger partial charge in [0.2, 0.25) is 0 Å². The molecule has 0 aliphatic rings. The van der Waals surface area contributed by atoms with E-state index in [4.69, 9.17) is 9.47 Å². The second-order valence-corrected chi connectivity index (χ2v) is 4.28. The van der Waals surface area contributed by atoms with Gasteiger partial charge in [-0.05, 0) is 41.9 Å². The van der Waals surface area contributed by atoms with E-state index in [1.165, 1.54) is 0 Å². The van der Waals surface area contributed by atoms with Crippen LogP contribution in [0, 0.1) is 0 Å². The number of hydrogen-bond acceptors (Lipinski definition) is 3. The van der Waals surface area contributed by atoms with Gasteiger partial charge in [0.15, 0.2) is 17.3 Å². The molecular weight excluding hydrogens is 284 g/mol. The van der Waals surface area contributed by atoms with Gasteiger partial charge in [0, 0.05) is 12.0 Å². The summed E-state index contributed by atoms with van der Waals surface area (Å²) in [4.78, 5) is 11.7. The molecule has 1 aromatic carbocycles. The molecule has 94 valence electrons. The maximum Gasteiger partial charge on any atom is 0.175 e. The number of Topliss-reactive ketones (excluding diaryl/α,β-unsaturated/α-hetero) is 1. The molecule has 0 N–H and O–H groups in total. The van der Waals surface area contributed by atoms with E-state index in [1.807, 2.05) is 20.8 Å². The Balaban J connectivity index is 3.19. The molecule has 0 amide bonds. The van der Waals surface area contributed by atoms with Gasteiger partial charge < -0.3 is 9.47 Å². The van der Waals surface area contributed by atoms with Crippen LogP contribution in [0.5, 0.6) is 11.5 Å². The van der Waals surface area contributed by atoms with Gasteiger partial charge in [0.05, 0.1) is 17.7 Å². The second-order valence-electron chi connectivity index (χ2n) is 3.43. The summed E-state index contributed by atoms with van der Waals surface area (Å²) in [6.07, 6.45) is 0.478. The van der Waals surface area contributed by atoms with Crippen LogP contribution in [0.1, 0.15) is 37.6 Å². The zero-order chi connectivity index (χ0) is 12.8. The van der Waals surface area contributed by atoms with Crippen molar-refractivity contribution in [1.82, 2.24) is 0 Å². The number of hydrogen-bond donors (Lipinski definition) is 0. The monoisotopic (exact) mass is 300 g/mol. The number of carbonyl (C=O) groups is 1. The molecule has 0 spiro atoms. The number of carbonyl (C=O) groups excluding carboxylic acids is 1. The van der Waals surface area contributed by atoms with Crippen molar-refractivity contribution < 1.29 is 14.3 Å². The molecule has 3 nitrogen and oxygen atoms in total. The van der Waals surface area contributed by atoms with Gasteiger partial charge >= 0.3 is 0 Å². The van der Waals surface area contributed by atoms with Gasteiger partial charge in [-0.1, -0.05) is 6.92 Å². The minimum Gasteiger partial charge on any atom is -0.490 e. The second kappa shape index (κ2) is 6.64. The summed E-state index contributed by atoms with van der Waals surface area (Å²) in [5.41, 5.74) is 0.645. The molecule has 4 heteroatoms. The van der Waals surface area contributed by atoms with Crippen LogP contribution in [0.2, 0.25) is 0 Å². The minimum atomic E-state index is 0.0923. The Morgan fingerprint density at radius 1 is 1.18 bits per heavy atom. The molecular formula is C13H17BrO3. The van der Waals surface area contributed by atoms with E-state index >= 15 is 0 Å². The highest BCUT2D eigenvalue weighted by Crippen LogP contribution is 2.37. The lowest BCUT2D eigenvalue weighted by Gasteiger charge is -2.13. The summed E-state index contributed by atoms with van der Waals surface area (Å²) < 4.78 is 11.8. The molecule has 0 bridgehead atoms. The molecule has 1 rings (SSSR count). The lowest BCUT2D eigenvalue weighted by molar-refractivity contribution is 0.0987. The Hall–Kier alpha value is -1.03. The molecule has 0 aliphatic heterocycles. The topological polar surface area (TPSA) is 35.5 Å². The Labute approximate surface area is 110 Å². The van der Waals surface area contributed by atoms with E-state index in [1.54, 1.807) is 12.1 Å². The van der Waals surface area contributed by atoms with E-state index in [0.717, 1.165) is 4.47 Å². The average Bonchev–Trinajstić information content (AvgIpc) is 2.32. The third-order valence-electron chi connectivity index (χ3n) is 2.24. The molecule has 0 aliphatic carbocycles. The van der Waals surface area contributed by atoms with Crippen LogP contribution in [-0.2, 0) is 0 Å². The largest absolute Gasteiger partial charge is 0.490 e. The van der Waals surface area contributed by atoms with Gasteiger partial charge in [-0.3, -0.25) is 4.79 Å². The van der Waals surface area contributed by atoms with Gasteiger partial charge in [-0.15, -0.1) is 0 Å². The molecule has 0 radical (unpaired) electrons. The number of benzene rings is 1. The van der Waals surface area contributed by atoms with Crippen molar-refractivity contribution in [3.8, 4) is 11.5 Å². The molecule has 0 saturated carbocycles. The van der Waals surface area contributed by atoms with Crippen molar-refractivity contribution in [3.63, 3.8) is 0 Å². The van der Waals surface area contributed by atoms with Crippen molar-refractivity contribution in [3.05, 3.63) is 22.2 Å². The first-order valence-electron chi connectivity index (χ1n) is 5.76. The van der Waals surface area contributed by atoms with E-state index in [0.29, 0.717) is 36.7 Å². The molecule has 17 heavy (non-hydrogen) atoms. The Bertz CT molecular complexity index is 402. The zero-order valence-electron chi connectivity index (χ0n) is 10.4. The smallest absolute Gasteiger partial charge is 0.175 e. The van der Waals surface area contributed by atoms with E-state index in [-0.39, 0.29) is 5.78 Å². The number of ether oxygens (including phenoxy) is 2. The average molecular weight is 301 g/mol. The minimum absolute atomic E-state index is 0.0923. The van der Waals surface area contributed by atoms with E-state index < -0.39 is 0 Å². The molecule has 1 aromatic rings. The van der Waals surface area contributed by atoms with Crippen molar-refractivity contribution in [2.75, 3.05) is 13.2 Å². The van der Waals surface area contributed by atoms with Crippen LogP contribution in [0.4, 0.5) is 0 Å². The maximum atomic E-state index is 11.7. The van der Waals surface area contributed by atoms with Crippen LogP contribution in [0.3, 0.4) is 0 Å². The normalized spacial score (nSPS) is 10.1. The summed E-state index contributed by atoms with van der Waals surface area (Å²) in [6, 6.07) is 3.52. The zero-order valence-corrected chi connectivity index (χ0v) is 12.0. The lowest BCUT2D eigenvalue weighted by Crippen LogP contribution is -2.03. The molecule has 0 aromatic heterocycles. The van der Waals surface area contributed by atoms with E-state index in [9.17, 15) is 4.79 Å². The van der Waals surface area contributed by atoms with Crippen molar-refractivity contribution in [2.45, 2.75) is 27.2 Å². The quantitative estimate of drug-likeness (QED) is 0.749. The van der Waals surface area contributed by atoms with Crippen LogP contribution >= 0.6 is 15.9 Å². The Morgan fingerprint density at radius 3 is 2.35 bits per heavy atom. The van der Waals surface area contributed by atoms with E-state index in [2.05, 4.69) is 15.9 Å². The highest BCUT2D eigenvalue weighted by atomic mass is 79.9. The van der Waals surface area contributed by atoms with Crippen molar-refractivity contribution in [2.24, 2.45) is 0 Å². The van der Waals surface area contributed by atoms with Crippen LogP contribution < -0.4 is 9.47 Å². The summed E-state index contributed by atoms with van der Waals surface area (Å²) in [5.74, 6) is 1.36. The van der Waals surface area contributed by atoms with Gasteiger partial charge in [-0.25, -0.2) is 0 Å². The fourth-order valence-electron chi connectivity index (χ4n) is 1.48. The molecule has 0 unspecified atom stereocenters. The predicted molar refractivity (Wildman–Crippen MR) is 71.1 cm³/mol. The molecule has 0 saturated heterocycles. The highest BCUT2D eigenvalue weighted by molar-refractivity contribution is 9.10. The number of halogens is 1. The standard InChI is InChI=1S/C13H17BrO3/c1-4-11(15)9-7-10(14)13(17-6-3)12(8-9)16-5-2/h7-8H,4-6H2,1-3H3. The third kappa shape index (κ3) is 3.46. The highest BCUT2D eigenvalue weighted by Gasteiger charge is 2.14. The third-order valence-corrected chi connectivity index (χ3v) is 2.83. The fraction of sp³-hybridized carbons (Fsp3) is 0.462. The summed E-state index contributed by atoms with van der Waals surface area (Å²) in [7, 11) is 0. The summed E-state index contributed by atoms with van der Waals surface area (Å²) >= 11 is 3.41. The molecule has 0 fully saturated rings. The first-order valence-corrected chi connectivity index (χ1v) is 6.55. The van der Waals surface area contributed by atoms with Crippen LogP contribution in [0.15, 0.2) is 16.6 Å². The van der Waals surface area contributed by atoms with Crippen molar-refractivity contribution >= 4 is 21.7 Å². The molecule has 0 heterocycles. The predicted octanol–water partition coefficient (Wildman–Crippen LogP) is 3.84. The van der Waals surface area contributed by atoms with Gasteiger partial charge in [0.1, 0.15) is 0 Å². The Kier molecular flexibility index (Phi) is 5.48. The number of ketones is 1. The first kappa shape index (κ1) is 14.0. The van der Waals surface area contributed by atoms with Crippen molar-refractivity contribution in [1.29, 1.82) is 0 Å². The van der Waals surface area contributed by atoms with Gasteiger partial charge in [-0.2, -0.15) is 0 Å². The molecule has 0 atom stereocenters. The lowest BCUT2D eigenvalue weighted by atomic mass is 10.1. The SMILES string of the molecule is CCOc1cc(C(=O)CC)cc(Br)c1OCC. The van der Waals surface area contributed by atoms with Crippen LogP contribution in [-0.4, -0.2) is 19.0 Å². The Morgan fingerprint density at radius 2 is 1.82 bits per heavy atom. The summed E-state index contributed by atoms with van der Waals surface area (Å²) in [5, 5.41) is 0. The summed E-state index contributed by atoms with van der Waals surface area (Å²) in [6.45, 7) is 6.74. The van der Waals surface area contributed by atoms with Crippen LogP contribution in [0.25, 0.3) is 0 Å². The number of rotatable bonds is 6. The first-order chi connectivity index (χ1) is 8.13. The fourth-order valence-corrected chi connectivity index (χ4v) is 2.04.